The summed E-state index contributed by atoms with van der Waals surface area (Å²) in [4.78, 5) is 0. The molecule has 134 valence electrons. The highest BCUT2D eigenvalue weighted by Crippen LogP contribution is 2.44. The monoisotopic (exact) mass is 326 g/mol. The Hall–Kier alpha value is -0.780. The molecule has 0 radical (unpaired) electrons. The van der Waals surface area contributed by atoms with Crippen LogP contribution in [0.15, 0.2) is 18.2 Å². The predicted molar refractivity (Wildman–Crippen MR) is 106 cm³/mol. The van der Waals surface area contributed by atoms with Crippen molar-refractivity contribution < 1.29 is 0 Å². The Balaban J connectivity index is 1.77. The Morgan fingerprint density at radius 2 is 1.79 bits per heavy atom. The molecule has 24 heavy (non-hydrogen) atoms. The summed E-state index contributed by atoms with van der Waals surface area (Å²) in [7, 11) is 0. The zero-order valence-corrected chi connectivity index (χ0v) is 16.2. The number of hydrogen-bond donors (Lipinski definition) is 0. The van der Waals surface area contributed by atoms with E-state index in [0.717, 1.165) is 5.92 Å². The molecule has 0 heteroatoms. The van der Waals surface area contributed by atoms with Gasteiger partial charge in [-0.3, -0.25) is 0 Å². The van der Waals surface area contributed by atoms with Gasteiger partial charge in [0.25, 0.3) is 0 Å². The SMILES string of the molecule is CCCCCCC1(c2ccc3c(c2)CCC(CC)C3)CCCCC1. The molecule has 0 aliphatic heterocycles. The average molecular weight is 327 g/mol. The molecule has 2 aliphatic carbocycles. The summed E-state index contributed by atoms with van der Waals surface area (Å²) in [5, 5.41) is 0. The third-order valence-electron chi connectivity index (χ3n) is 7.05. The molecular weight excluding hydrogens is 288 g/mol. The summed E-state index contributed by atoms with van der Waals surface area (Å²) in [6, 6.07) is 7.68. The fourth-order valence-electron chi connectivity index (χ4n) is 5.31. The van der Waals surface area contributed by atoms with Crippen LogP contribution in [0.5, 0.6) is 0 Å². The van der Waals surface area contributed by atoms with Gasteiger partial charge in [0.1, 0.15) is 0 Å². The molecule has 1 fully saturated rings. The number of hydrogen-bond acceptors (Lipinski definition) is 0. The second-order valence-electron chi connectivity index (χ2n) is 8.65. The maximum Gasteiger partial charge on any atom is -0.00469 e. The van der Waals surface area contributed by atoms with E-state index in [0.29, 0.717) is 5.41 Å². The molecule has 3 rings (SSSR count). The minimum absolute atomic E-state index is 0.516. The number of fused-ring (bicyclic) bond motifs is 1. The lowest BCUT2D eigenvalue weighted by molar-refractivity contribution is 0.265. The molecule has 1 aromatic carbocycles. The van der Waals surface area contributed by atoms with Gasteiger partial charge in [0.2, 0.25) is 0 Å². The smallest absolute Gasteiger partial charge is 0.00469 e. The van der Waals surface area contributed by atoms with Gasteiger partial charge in [-0.2, -0.15) is 0 Å². The van der Waals surface area contributed by atoms with Gasteiger partial charge in [-0.15, -0.1) is 0 Å². The summed E-state index contributed by atoms with van der Waals surface area (Å²) in [6.45, 7) is 4.68. The van der Waals surface area contributed by atoms with E-state index >= 15 is 0 Å². The molecule has 0 nitrogen and oxygen atoms in total. The van der Waals surface area contributed by atoms with E-state index in [1.54, 1.807) is 16.7 Å². The van der Waals surface area contributed by atoms with Gasteiger partial charge in [0, 0.05) is 0 Å². The highest BCUT2D eigenvalue weighted by molar-refractivity contribution is 5.38. The minimum atomic E-state index is 0.516. The van der Waals surface area contributed by atoms with Gasteiger partial charge >= 0.3 is 0 Å². The zero-order valence-electron chi connectivity index (χ0n) is 16.2. The van der Waals surface area contributed by atoms with E-state index in [-0.39, 0.29) is 0 Å². The molecule has 0 aromatic heterocycles. The van der Waals surface area contributed by atoms with E-state index in [4.69, 9.17) is 0 Å². The van der Waals surface area contributed by atoms with Crippen LogP contribution >= 0.6 is 0 Å². The Labute approximate surface area is 150 Å². The highest BCUT2D eigenvalue weighted by atomic mass is 14.4. The average Bonchev–Trinajstić information content (AvgIpc) is 2.65. The normalized spacial score (nSPS) is 23.0. The molecule has 0 N–H and O–H groups in total. The molecule has 1 aromatic rings. The molecule has 2 aliphatic rings. The van der Waals surface area contributed by atoms with Gasteiger partial charge in [-0.25, -0.2) is 0 Å². The van der Waals surface area contributed by atoms with Crippen LogP contribution < -0.4 is 0 Å². The van der Waals surface area contributed by atoms with E-state index in [1.165, 1.54) is 89.9 Å². The molecule has 0 bridgehead atoms. The maximum atomic E-state index is 2.65. The van der Waals surface area contributed by atoms with Crippen LogP contribution in [0.3, 0.4) is 0 Å². The van der Waals surface area contributed by atoms with Crippen molar-refractivity contribution in [2.24, 2.45) is 5.92 Å². The molecule has 1 saturated carbocycles. The van der Waals surface area contributed by atoms with Crippen molar-refractivity contribution in [1.29, 1.82) is 0 Å². The van der Waals surface area contributed by atoms with Crippen LogP contribution in [-0.4, -0.2) is 0 Å². The maximum absolute atomic E-state index is 2.65. The lowest BCUT2D eigenvalue weighted by Crippen LogP contribution is -2.29. The zero-order chi connectivity index (χ0) is 16.8. The summed E-state index contributed by atoms with van der Waals surface area (Å²) >= 11 is 0. The minimum Gasteiger partial charge on any atom is -0.0654 e. The Morgan fingerprint density at radius 3 is 2.54 bits per heavy atom. The number of rotatable bonds is 7. The quantitative estimate of drug-likeness (QED) is 0.459. The molecular formula is C24H38. The van der Waals surface area contributed by atoms with Crippen molar-refractivity contribution in [2.45, 2.75) is 109 Å². The number of unbranched alkanes of at least 4 members (excludes halogenated alkanes) is 3. The third kappa shape index (κ3) is 4.06. The lowest BCUT2D eigenvalue weighted by Gasteiger charge is -2.39. The molecule has 0 spiro atoms. The number of benzene rings is 1. The van der Waals surface area contributed by atoms with Crippen molar-refractivity contribution in [3.05, 3.63) is 34.9 Å². The van der Waals surface area contributed by atoms with Crippen LogP contribution in [-0.2, 0) is 18.3 Å². The van der Waals surface area contributed by atoms with Crippen molar-refractivity contribution in [2.75, 3.05) is 0 Å². The van der Waals surface area contributed by atoms with E-state index in [1.807, 2.05) is 0 Å². The molecule has 1 unspecified atom stereocenters. The highest BCUT2D eigenvalue weighted by Gasteiger charge is 2.34. The van der Waals surface area contributed by atoms with Crippen LogP contribution in [0.2, 0.25) is 0 Å². The second-order valence-corrected chi connectivity index (χ2v) is 8.65. The Morgan fingerprint density at radius 1 is 0.958 bits per heavy atom. The van der Waals surface area contributed by atoms with Crippen molar-refractivity contribution in [1.82, 2.24) is 0 Å². The first-order valence-corrected chi connectivity index (χ1v) is 10.9. The molecule has 0 saturated heterocycles. The lowest BCUT2D eigenvalue weighted by atomic mass is 9.65. The van der Waals surface area contributed by atoms with Gasteiger partial charge < -0.3 is 0 Å². The molecule has 0 amide bonds. The summed E-state index contributed by atoms with van der Waals surface area (Å²) in [5.74, 6) is 0.932. The first-order chi connectivity index (χ1) is 11.8. The summed E-state index contributed by atoms with van der Waals surface area (Å²) in [6.07, 6.45) is 19.7. The second kappa shape index (κ2) is 8.54. The fraction of sp³-hybridized carbons (Fsp3) is 0.750. The molecule has 1 atom stereocenters. The van der Waals surface area contributed by atoms with Gasteiger partial charge in [-0.1, -0.05) is 83.4 Å². The van der Waals surface area contributed by atoms with Crippen LogP contribution in [0.1, 0.15) is 108 Å². The Bertz CT molecular complexity index is 507. The standard InChI is InChI=1S/C24H38/c1-3-5-6-8-15-24(16-9-7-10-17-24)23-14-13-21-18-20(4-2)11-12-22(21)19-23/h13-14,19-20H,3-12,15-18H2,1-2H3. The van der Waals surface area contributed by atoms with E-state index in [2.05, 4.69) is 32.0 Å². The van der Waals surface area contributed by atoms with Crippen LogP contribution in [0.25, 0.3) is 0 Å². The Kier molecular flexibility index (Phi) is 6.42. The van der Waals surface area contributed by atoms with Gasteiger partial charge in [0.05, 0.1) is 0 Å². The third-order valence-corrected chi connectivity index (χ3v) is 7.05. The van der Waals surface area contributed by atoms with Gasteiger partial charge in [-0.05, 0) is 66.5 Å². The largest absolute Gasteiger partial charge is 0.0654 e. The first-order valence-electron chi connectivity index (χ1n) is 10.9. The van der Waals surface area contributed by atoms with Crippen LogP contribution in [0, 0.1) is 5.92 Å². The number of aryl methyl sites for hydroxylation is 1. The summed E-state index contributed by atoms with van der Waals surface area (Å²) in [5.41, 5.74) is 5.57. The van der Waals surface area contributed by atoms with E-state index < -0.39 is 0 Å². The first kappa shape index (κ1) is 18.0. The van der Waals surface area contributed by atoms with Crippen LogP contribution in [0.4, 0.5) is 0 Å². The van der Waals surface area contributed by atoms with Crippen molar-refractivity contribution in [3.8, 4) is 0 Å². The topological polar surface area (TPSA) is 0 Å². The van der Waals surface area contributed by atoms with Gasteiger partial charge in [0.15, 0.2) is 0 Å². The summed E-state index contributed by atoms with van der Waals surface area (Å²) < 4.78 is 0. The predicted octanol–water partition coefficient (Wildman–Crippen LogP) is 7.37. The fourth-order valence-corrected chi connectivity index (χ4v) is 5.31. The van der Waals surface area contributed by atoms with Crippen molar-refractivity contribution in [3.63, 3.8) is 0 Å². The molecule has 0 heterocycles. The van der Waals surface area contributed by atoms with Crippen molar-refractivity contribution >= 4 is 0 Å². The van der Waals surface area contributed by atoms with E-state index in [9.17, 15) is 0 Å².